The number of ether oxygens (including phenoxy) is 1. The molecule has 0 amide bonds. The van der Waals surface area contributed by atoms with E-state index >= 15 is 0 Å². The van der Waals surface area contributed by atoms with Gasteiger partial charge in [0.25, 0.3) is 0 Å². The quantitative estimate of drug-likeness (QED) is 0.921. The van der Waals surface area contributed by atoms with E-state index in [0.717, 1.165) is 24.2 Å². The zero-order chi connectivity index (χ0) is 14.1. The fraction of sp³-hybridized carbons (Fsp3) is 0.250. The van der Waals surface area contributed by atoms with Crippen molar-refractivity contribution in [2.75, 3.05) is 0 Å². The molecule has 2 N–H and O–H groups in total. The van der Waals surface area contributed by atoms with E-state index in [1.165, 1.54) is 6.07 Å². The third-order valence-electron chi connectivity index (χ3n) is 3.38. The number of halogens is 2. The van der Waals surface area contributed by atoms with Gasteiger partial charge in [-0.3, -0.25) is 0 Å². The highest BCUT2D eigenvalue weighted by molar-refractivity contribution is 6.31. The molecule has 1 saturated carbocycles. The lowest BCUT2D eigenvalue weighted by Gasteiger charge is -2.15. The van der Waals surface area contributed by atoms with Crippen molar-refractivity contribution in [1.82, 2.24) is 0 Å². The van der Waals surface area contributed by atoms with Gasteiger partial charge in [-0.2, -0.15) is 0 Å². The van der Waals surface area contributed by atoms with Gasteiger partial charge in [0.15, 0.2) is 0 Å². The van der Waals surface area contributed by atoms with Crippen LogP contribution in [-0.2, 0) is 0 Å². The fourth-order valence-corrected chi connectivity index (χ4v) is 2.32. The Labute approximate surface area is 122 Å². The lowest BCUT2D eigenvalue weighted by molar-refractivity contribution is 0.303. The summed E-state index contributed by atoms with van der Waals surface area (Å²) >= 11 is 5.97. The molecule has 20 heavy (non-hydrogen) atoms. The maximum atomic E-state index is 13.5. The summed E-state index contributed by atoms with van der Waals surface area (Å²) in [5.74, 6) is 0.391. The van der Waals surface area contributed by atoms with E-state index in [2.05, 4.69) is 0 Å². The standard InChI is InChI=1S/C16H15ClFNO/c17-15-13(2-1-3-14(15)18)16(19)10-4-6-11(7-5-10)20-12-8-9-12/h1-7,12,16H,8-9,19H2. The average molecular weight is 292 g/mol. The highest BCUT2D eigenvalue weighted by Gasteiger charge is 2.23. The predicted molar refractivity (Wildman–Crippen MR) is 77.5 cm³/mol. The van der Waals surface area contributed by atoms with Gasteiger partial charge in [0, 0.05) is 0 Å². The molecule has 2 nitrogen and oxygen atoms in total. The largest absolute Gasteiger partial charge is 0.490 e. The minimum atomic E-state index is -0.451. The molecule has 104 valence electrons. The molecule has 2 aromatic rings. The molecule has 0 aliphatic heterocycles. The van der Waals surface area contributed by atoms with Crippen LogP contribution in [0.2, 0.25) is 5.02 Å². The van der Waals surface area contributed by atoms with Crippen molar-refractivity contribution in [1.29, 1.82) is 0 Å². The minimum absolute atomic E-state index is 0.0818. The van der Waals surface area contributed by atoms with Crippen molar-refractivity contribution < 1.29 is 9.13 Å². The Morgan fingerprint density at radius 1 is 1.15 bits per heavy atom. The minimum Gasteiger partial charge on any atom is -0.490 e. The third-order valence-corrected chi connectivity index (χ3v) is 3.78. The monoisotopic (exact) mass is 291 g/mol. The topological polar surface area (TPSA) is 35.2 Å². The Morgan fingerprint density at radius 2 is 1.85 bits per heavy atom. The molecule has 0 saturated heterocycles. The van der Waals surface area contributed by atoms with Crippen LogP contribution in [0.4, 0.5) is 4.39 Å². The van der Waals surface area contributed by atoms with E-state index in [1.54, 1.807) is 12.1 Å². The molecule has 1 fully saturated rings. The first kappa shape index (κ1) is 13.4. The van der Waals surface area contributed by atoms with E-state index in [4.69, 9.17) is 22.1 Å². The molecule has 1 aliphatic carbocycles. The number of hydrogen-bond donors (Lipinski definition) is 1. The molecule has 0 spiro atoms. The van der Waals surface area contributed by atoms with Crippen LogP contribution in [0.5, 0.6) is 5.75 Å². The van der Waals surface area contributed by atoms with Gasteiger partial charge in [-0.05, 0) is 42.2 Å². The van der Waals surface area contributed by atoms with Gasteiger partial charge in [-0.1, -0.05) is 35.9 Å². The summed E-state index contributed by atoms with van der Waals surface area (Å²) < 4.78 is 19.1. The van der Waals surface area contributed by atoms with Crippen molar-refractivity contribution in [3.05, 3.63) is 64.4 Å². The number of benzene rings is 2. The van der Waals surface area contributed by atoms with Crippen molar-refractivity contribution >= 4 is 11.6 Å². The molecule has 1 unspecified atom stereocenters. The summed E-state index contributed by atoms with van der Waals surface area (Å²) in [5.41, 5.74) is 7.62. The van der Waals surface area contributed by atoms with Crippen LogP contribution in [0.25, 0.3) is 0 Å². The van der Waals surface area contributed by atoms with Gasteiger partial charge in [-0.25, -0.2) is 4.39 Å². The maximum Gasteiger partial charge on any atom is 0.142 e. The molecule has 3 rings (SSSR count). The average Bonchev–Trinajstić information content (AvgIpc) is 3.26. The van der Waals surface area contributed by atoms with E-state index in [9.17, 15) is 4.39 Å². The first-order valence-electron chi connectivity index (χ1n) is 6.61. The number of nitrogens with two attached hydrogens (primary N) is 1. The Bertz CT molecular complexity index is 610. The molecular weight excluding hydrogens is 277 g/mol. The smallest absolute Gasteiger partial charge is 0.142 e. The summed E-state index contributed by atoms with van der Waals surface area (Å²) in [5, 5.41) is 0.0818. The van der Waals surface area contributed by atoms with Crippen molar-refractivity contribution in [3.8, 4) is 5.75 Å². The number of hydrogen-bond acceptors (Lipinski definition) is 2. The van der Waals surface area contributed by atoms with E-state index in [1.807, 2.05) is 24.3 Å². The van der Waals surface area contributed by atoms with E-state index in [0.29, 0.717) is 11.7 Å². The lowest BCUT2D eigenvalue weighted by atomic mass is 9.99. The first-order valence-corrected chi connectivity index (χ1v) is 6.99. The molecule has 0 bridgehead atoms. The van der Waals surface area contributed by atoms with Crippen molar-refractivity contribution in [3.63, 3.8) is 0 Å². The second kappa shape index (κ2) is 5.43. The molecule has 1 aliphatic rings. The Balaban J connectivity index is 1.82. The Hall–Kier alpha value is -1.58. The molecule has 0 heterocycles. The molecule has 0 radical (unpaired) electrons. The van der Waals surface area contributed by atoms with Gasteiger partial charge >= 0.3 is 0 Å². The van der Waals surface area contributed by atoms with Crippen LogP contribution in [0.3, 0.4) is 0 Å². The van der Waals surface area contributed by atoms with Gasteiger partial charge in [0.05, 0.1) is 17.2 Å². The van der Waals surface area contributed by atoms with E-state index in [-0.39, 0.29) is 5.02 Å². The second-order valence-corrected chi connectivity index (χ2v) is 5.38. The van der Waals surface area contributed by atoms with Gasteiger partial charge in [0.1, 0.15) is 11.6 Å². The summed E-state index contributed by atoms with van der Waals surface area (Å²) in [4.78, 5) is 0. The SMILES string of the molecule is NC(c1ccc(OC2CC2)cc1)c1cccc(F)c1Cl. The summed E-state index contributed by atoms with van der Waals surface area (Å²) in [7, 11) is 0. The van der Waals surface area contributed by atoms with Crippen LogP contribution in [-0.4, -0.2) is 6.10 Å². The van der Waals surface area contributed by atoms with Gasteiger partial charge in [-0.15, -0.1) is 0 Å². The first-order chi connectivity index (χ1) is 9.65. The van der Waals surface area contributed by atoms with Crippen LogP contribution < -0.4 is 10.5 Å². The normalized spacial score (nSPS) is 15.9. The summed E-state index contributed by atoms with van der Waals surface area (Å²) in [6.07, 6.45) is 2.62. The molecule has 1 atom stereocenters. The molecular formula is C16H15ClFNO. The molecule has 4 heteroatoms. The van der Waals surface area contributed by atoms with Gasteiger partial charge < -0.3 is 10.5 Å². The third kappa shape index (κ3) is 2.79. The predicted octanol–water partition coefficient (Wildman–Crippen LogP) is 4.07. The summed E-state index contributed by atoms with van der Waals surface area (Å²) in [6, 6.07) is 11.8. The highest BCUT2D eigenvalue weighted by Crippen LogP contribution is 2.31. The zero-order valence-electron chi connectivity index (χ0n) is 10.9. The maximum absolute atomic E-state index is 13.5. The van der Waals surface area contributed by atoms with E-state index < -0.39 is 11.9 Å². The van der Waals surface area contributed by atoms with Crippen molar-refractivity contribution in [2.45, 2.75) is 25.0 Å². The van der Waals surface area contributed by atoms with Crippen molar-refractivity contribution in [2.24, 2.45) is 5.73 Å². The zero-order valence-corrected chi connectivity index (χ0v) is 11.6. The number of rotatable bonds is 4. The Kier molecular flexibility index (Phi) is 3.64. The summed E-state index contributed by atoms with van der Waals surface area (Å²) in [6.45, 7) is 0. The Morgan fingerprint density at radius 3 is 2.50 bits per heavy atom. The van der Waals surface area contributed by atoms with Gasteiger partial charge in [0.2, 0.25) is 0 Å². The van der Waals surface area contributed by atoms with Crippen LogP contribution >= 0.6 is 11.6 Å². The van der Waals surface area contributed by atoms with Crippen LogP contribution in [0, 0.1) is 5.82 Å². The molecule has 0 aromatic heterocycles. The second-order valence-electron chi connectivity index (χ2n) is 5.01. The lowest BCUT2D eigenvalue weighted by Crippen LogP contribution is -2.12. The van der Waals surface area contributed by atoms with Crippen LogP contribution in [0.15, 0.2) is 42.5 Å². The van der Waals surface area contributed by atoms with Crippen LogP contribution in [0.1, 0.15) is 30.0 Å². The molecule has 2 aromatic carbocycles. The highest BCUT2D eigenvalue weighted by atomic mass is 35.5. The fourth-order valence-electron chi connectivity index (χ4n) is 2.07.